The van der Waals surface area contributed by atoms with Gasteiger partial charge in [0.25, 0.3) is 5.91 Å². The van der Waals surface area contributed by atoms with Crippen LogP contribution in [0.2, 0.25) is 0 Å². The quantitative estimate of drug-likeness (QED) is 0.483. The van der Waals surface area contributed by atoms with E-state index in [1.807, 2.05) is 53.8 Å². The van der Waals surface area contributed by atoms with Crippen LogP contribution in [0, 0.1) is 6.92 Å². The number of para-hydroxylation sites is 1. The lowest BCUT2D eigenvalue weighted by molar-refractivity contribution is -0.112. The minimum absolute atomic E-state index is 0.0915. The molecule has 0 heterocycles. The van der Waals surface area contributed by atoms with Crippen molar-refractivity contribution in [3.05, 3.63) is 35.9 Å². The predicted molar refractivity (Wildman–Crippen MR) is 83.8 cm³/mol. The zero-order chi connectivity index (χ0) is 11.4. The Morgan fingerprint density at radius 2 is 1.93 bits per heavy atom. The molecule has 0 spiro atoms. The van der Waals surface area contributed by atoms with Gasteiger partial charge in [-0.2, -0.15) is 0 Å². The second kappa shape index (κ2) is 6.19. The highest BCUT2D eigenvalue weighted by Gasteiger charge is 2.10. The summed E-state index contributed by atoms with van der Waals surface area (Å²) in [7, 11) is 0. The van der Waals surface area contributed by atoms with Crippen molar-refractivity contribution in [1.29, 1.82) is 0 Å². The molecule has 0 atom stereocenters. The van der Waals surface area contributed by atoms with Gasteiger partial charge in [-0.25, -0.2) is 0 Å². The van der Waals surface area contributed by atoms with Crippen molar-refractivity contribution in [2.75, 3.05) is 5.32 Å². The molecule has 0 fully saturated rings. The van der Waals surface area contributed by atoms with Gasteiger partial charge in [0, 0.05) is 5.69 Å². The molecule has 0 saturated carbocycles. The molecule has 0 aromatic heterocycles. The molecule has 5 heteroatoms. The van der Waals surface area contributed by atoms with E-state index >= 15 is 0 Å². The number of carbonyl (C=O) groups is 1. The zero-order valence-corrected chi connectivity index (χ0v) is 13.8. The van der Waals surface area contributed by atoms with E-state index in [1.165, 1.54) is 0 Å². The van der Waals surface area contributed by atoms with Gasteiger partial charge in [-0.15, -0.1) is 0 Å². The summed E-state index contributed by atoms with van der Waals surface area (Å²) in [5.74, 6) is -0.0915. The molecular formula is C10H8BrI2NO. The summed E-state index contributed by atoms with van der Waals surface area (Å²) in [5, 5.41) is 2.85. The third-order valence-corrected chi connectivity index (χ3v) is 5.50. The zero-order valence-electron chi connectivity index (χ0n) is 7.85. The van der Waals surface area contributed by atoms with Gasteiger partial charge in [0.15, 0.2) is 0 Å². The van der Waals surface area contributed by atoms with E-state index < -0.39 is 0 Å². The summed E-state index contributed by atoms with van der Waals surface area (Å²) < 4.78 is 1.46. The fourth-order valence-electron chi connectivity index (χ4n) is 0.976. The largest absolute Gasteiger partial charge is 0.321 e. The summed E-state index contributed by atoms with van der Waals surface area (Å²) in [6, 6.07) is 7.70. The van der Waals surface area contributed by atoms with Gasteiger partial charge in [-0.1, -0.05) is 18.2 Å². The second-order valence-corrected chi connectivity index (χ2v) is 7.28. The topological polar surface area (TPSA) is 29.1 Å². The number of hydrogen-bond acceptors (Lipinski definition) is 1. The number of benzene rings is 1. The van der Waals surface area contributed by atoms with E-state index in [1.54, 1.807) is 0 Å². The van der Waals surface area contributed by atoms with E-state index in [0.717, 1.165) is 13.7 Å². The van der Waals surface area contributed by atoms with Crippen LogP contribution in [0.5, 0.6) is 0 Å². The van der Waals surface area contributed by atoms with Crippen molar-refractivity contribution >= 4 is 72.7 Å². The van der Waals surface area contributed by atoms with Gasteiger partial charge >= 0.3 is 0 Å². The third kappa shape index (κ3) is 4.03. The molecule has 1 aromatic rings. The Morgan fingerprint density at radius 1 is 1.33 bits per heavy atom. The van der Waals surface area contributed by atoms with E-state index in [-0.39, 0.29) is 5.91 Å². The Kier molecular flexibility index (Phi) is 5.54. The van der Waals surface area contributed by atoms with Crippen LogP contribution in [0.4, 0.5) is 5.69 Å². The van der Waals surface area contributed by atoms with E-state index in [0.29, 0.717) is 3.58 Å². The number of amides is 1. The lowest BCUT2D eigenvalue weighted by Crippen LogP contribution is -2.12. The van der Waals surface area contributed by atoms with E-state index in [2.05, 4.69) is 43.8 Å². The number of aryl methyl sites for hydroxylation is 1. The average molecular weight is 492 g/mol. The Labute approximate surface area is 124 Å². The van der Waals surface area contributed by atoms with Crippen LogP contribution in [-0.2, 0) is 4.79 Å². The third-order valence-electron chi connectivity index (χ3n) is 1.76. The van der Waals surface area contributed by atoms with E-state index in [4.69, 9.17) is 0 Å². The highest BCUT2D eigenvalue weighted by atomic mass is 127. The molecule has 0 bridgehead atoms. The lowest BCUT2D eigenvalue weighted by atomic mass is 10.2. The van der Waals surface area contributed by atoms with Gasteiger partial charge in [0.05, 0.1) is 6.07 Å². The molecule has 80 valence electrons. The van der Waals surface area contributed by atoms with E-state index in [9.17, 15) is 4.79 Å². The van der Waals surface area contributed by atoms with Crippen molar-refractivity contribution in [2.24, 2.45) is 0 Å². The van der Waals surface area contributed by atoms with Crippen molar-refractivity contribution in [3.63, 3.8) is 0 Å². The summed E-state index contributed by atoms with van der Waals surface area (Å²) in [4.78, 5) is 11.7. The molecule has 1 rings (SSSR count). The molecule has 1 amide bonds. The molecule has 0 unspecified atom stereocenters. The molecular weight excluding hydrogens is 484 g/mol. The summed E-state index contributed by atoms with van der Waals surface area (Å²) in [5.41, 5.74) is 1.90. The Bertz CT molecular complexity index is 414. The minimum atomic E-state index is -0.0915. The maximum Gasteiger partial charge on any atom is 0.263 e. The lowest BCUT2D eigenvalue weighted by Gasteiger charge is -2.07. The van der Waals surface area contributed by atoms with Crippen LogP contribution in [-0.4, -0.2) is 5.91 Å². The average Bonchev–Trinajstić information content (AvgIpc) is 2.20. The van der Waals surface area contributed by atoms with Crippen molar-refractivity contribution in [3.8, 4) is 0 Å². The molecule has 15 heavy (non-hydrogen) atoms. The minimum Gasteiger partial charge on any atom is -0.321 e. The molecule has 0 saturated heterocycles. The first-order valence-corrected chi connectivity index (χ1v) is 7.05. The standard InChI is InChI=1S/C10H8BrI2NO/c1-6-4-2-3-5-7(6)14-10(15)8(12)9(11)13/h2-5H,1H3,(H,14,15). The number of carbonyl (C=O) groups excluding carboxylic acids is 1. The highest BCUT2D eigenvalue weighted by molar-refractivity contribution is 14.1. The van der Waals surface area contributed by atoms with Gasteiger partial charge in [0.1, 0.15) is 0 Å². The first-order chi connectivity index (χ1) is 7.02. The van der Waals surface area contributed by atoms with Crippen LogP contribution in [0.15, 0.2) is 30.3 Å². The number of nitrogens with one attached hydrogen (secondary N) is 1. The molecule has 0 aliphatic rings. The fourth-order valence-corrected chi connectivity index (χ4v) is 1.54. The smallest absolute Gasteiger partial charge is 0.263 e. The van der Waals surface area contributed by atoms with Gasteiger partial charge in [-0.05, 0) is 79.7 Å². The fraction of sp³-hybridized carbons (Fsp3) is 0.100. The Morgan fingerprint density at radius 3 is 2.47 bits per heavy atom. The summed E-state index contributed by atoms with van der Waals surface area (Å²) >= 11 is 7.34. The second-order valence-electron chi connectivity index (χ2n) is 2.84. The Hall–Kier alpha value is 0.370. The van der Waals surface area contributed by atoms with Crippen molar-refractivity contribution in [2.45, 2.75) is 6.92 Å². The van der Waals surface area contributed by atoms with Crippen LogP contribution in [0.3, 0.4) is 0 Å². The highest BCUT2D eigenvalue weighted by Crippen LogP contribution is 2.26. The van der Waals surface area contributed by atoms with Crippen molar-refractivity contribution in [1.82, 2.24) is 0 Å². The van der Waals surface area contributed by atoms with Gasteiger partial charge in [0.2, 0.25) is 0 Å². The molecule has 1 N–H and O–H groups in total. The van der Waals surface area contributed by atoms with Crippen LogP contribution in [0.1, 0.15) is 5.56 Å². The number of anilines is 1. The number of rotatable bonds is 2. The maximum absolute atomic E-state index is 11.7. The summed E-state index contributed by atoms with van der Waals surface area (Å²) in [6.07, 6.45) is 0. The van der Waals surface area contributed by atoms with Crippen molar-refractivity contribution < 1.29 is 4.79 Å². The molecule has 1 aromatic carbocycles. The predicted octanol–water partition coefficient (Wildman–Crippen LogP) is 4.37. The van der Waals surface area contributed by atoms with Gasteiger partial charge < -0.3 is 5.32 Å². The molecule has 2 nitrogen and oxygen atoms in total. The number of hydrogen-bond donors (Lipinski definition) is 1. The molecule has 0 aliphatic carbocycles. The first-order valence-electron chi connectivity index (χ1n) is 4.10. The Balaban J connectivity index is 2.85. The maximum atomic E-state index is 11.7. The van der Waals surface area contributed by atoms with Crippen LogP contribution in [0.25, 0.3) is 0 Å². The normalized spacial score (nSPS) is 12.0. The van der Waals surface area contributed by atoms with Crippen LogP contribution >= 0.6 is 61.1 Å². The molecule has 0 radical (unpaired) electrons. The summed E-state index contributed by atoms with van der Waals surface area (Å²) in [6.45, 7) is 1.96. The van der Waals surface area contributed by atoms with Gasteiger partial charge in [-0.3, -0.25) is 4.79 Å². The number of halogens is 3. The van der Waals surface area contributed by atoms with Crippen LogP contribution < -0.4 is 5.32 Å². The monoisotopic (exact) mass is 491 g/mol. The molecule has 0 aliphatic heterocycles. The first kappa shape index (κ1) is 13.4. The SMILES string of the molecule is Cc1ccccc1NC(=O)C(I)=C(Br)I.